The number of carbonyl (C=O) groups excluding carboxylic acids is 1. The zero-order chi connectivity index (χ0) is 13.7. The molecule has 0 radical (unpaired) electrons. The minimum Gasteiger partial charge on any atom is -0.354 e. The number of aryl methyl sites for hydroxylation is 1. The summed E-state index contributed by atoms with van der Waals surface area (Å²) in [6.45, 7) is 8.75. The first-order valence-corrected chi connectivity index (χ1v) is 6.42. The van der Waals surface area contributed by atoms with Crippen LogP contribution in [-0.2, 0) is 11.8 Å². The Hall–Kier alpha value is -1.36. The van der Waals surface area contributed by atoms with Crippen LogP contribution < -0.4 is 10.6 Å². The quantitative estimate of drug-likeness (QED) is 0.800. The van der Waals surface area contributed by atoms with Gasteiger partial charge in [-0.2, -0.15) is 0 Å². The van der Waals surface area contributed by atoms with Crippen LogP contribution in [0.3, 0.4) is 0 Å². The highest BCUT2D eigenvalue weighted by Crippen LogP contribution is 2.09. The maximum Gasteiger partial charge on any atom is 0.236 e. The predicted octanol–water partition coefficient (Wildman–Crippen LogP) is 1.23. The van der Waals surface area contributed by atoms with Crippen LogP contribution in [0.2, 0.25) is 0 Å². The highest BCUT2D eigenvalue weighted by Gasteiger charge is 2.18. The lowest BCUT2D eigenvalue weighted by molar-refractivity contribution is -0.123. The van der Waals surface area contributed by atoms with Gasteiger partial charge in [0.1, 0.15) is 5.82 Å². The van der Waals surface area contributed by atoms with Crippen LogP contribution >= 0.6 is 0 Å². The van der Waals surface area contributed by atoms with Crippen LogP contribution in [0.4, 0.5) is 0 Å². The number of aromatic nitrogens is 2. The Bertz CT molecular complexity index is 386. The fourth-order valence-electron chi connectivity index (χ4n) is 1.78. The molecular weight excluding hydrogens is 228 g/mol. The molecule has 0 fully saturated rings. The van der Waals surface area contributed by atoms with Crippen molar-refractivity contribution in [3.8, 4) is 0 Å². The van der Waals surface area contributed by atoms with E-state index in [0.29, 0.717) is 12.5 Å². The Morgan fingerprint density at radius 3 is 2.56 bits per heavy atom. The van der Waals surface area contributed by atoms with E-state index in [1.165, 1.54) is 0 Å². The standard InChI is InChI=1S/C13H24N4O/c1-9(2)8-15-13(18)11(4)16-10(3)12-14-6-7-17(12)5/h6-7,9-11,16H,8H2,1-5H3,(H,15,18). The fourth-order valence-corrected chi connectivity index (χ4v) is 1.78. The molecule has 2 unspecified atom stereocenters. The number of carbonyl (C=O) groups is 1. The lowest BCUT2D eigenvalue weighted by Gasteiger charge is -2.20. The Labute approximate surface area is 109 Å². The molecule has 2 atom stereocenters. The van der Waals surface area contributed by atoms with Crippen molar-refractivity contribution < 1.29 is 4.79 Å². The van der Waals surface area contributed by atoms with Crippen molar-refractivity contribution in [1.29, 1.82) is 0 Å². The van der Waals surface area contributed by atoms with E-state index in [1.807, 2.05) is 31.7 Å². The lowest BCUT2D eigenvalue weighted by Crippen LogP contribution is -2.44. The molecule has 0 bridgehead atoms. The largest absolute Gasteiger partial charge is 0.354 e. The Morgan fingerprint density at radius 1 is 1.39 bits per heavy atom. The molecule has 0 aliphatic carbocycles. The Balaban J connectivity index is 2.47. The summed E-state index contributed by atoms with van der Waals surface area (Å²) in [7, 11) is 1.95. The van der Waals surface area contributed by atoms with Gasteiger partial charge >= 0.3 is 0 Å². The van der Waals surface area contributed by atoms with Crippen molar-refractivity contribution >= 4 is 5.91 Å². The van der Waals surface area contributed by atoms with Gasteiger partial charge in [-0.05, 0) is 19.8 Å². The number of hydrogen-bond acceptors (Lipinski definition) is 3. The van der Waals surface area contributed by atoms with Gasteiger partial charge in [0, 0.05) is 26.0 Å². The molecule has 0 saturated carbocycles. The number of amides is 1. The molecule has 102 valence electrons. The number of rotatable bonds is 6. The average Bonchev–Trinajstić information content (AvgIpc) is 2.72. The molecule has 0 spiro atoms. The van der Waals surface area contributed by atoms with E-state index in [2.05, 4.69) is 29.5 Å². The number of nitrogens with one attached hydrogen (secondary N) is 2. The Morgan fingerprint density at radius 2 is 2.06 bits per heavy atom. The van der Waals surface area contributed by atoms with Gasteiger partial charge in [0.2, 0.25) is 5.91 Å². The molecule has 1 heterocycles. The summed E-state index contributed by atoms with van der Waals surface area (Å²) in [5.41, 5.74) is 0. The topological polar surface area (TPSA) is 59.0 Å². The minimum atomic E-state index is -0.226. The summed E-state index contributed by atoms with van der Waals surface area (Å²) >= 11 is 0. The maximum atomic E-state index is 11.8. The summed E-state index contributed by atoms with van der Waals surface area (Å²) in [4.78, 5) is 16.1. The highest BCUT2D eigenvalue weighted by molar-refractivity contribution is 5.81. The highest BCUT2D eigenvalue weighted by atomic mass is 16.2. The molecular formula is C13H24N4O. The molecule has 2 N–H and O–H groups in total. The van der Waals surface area contributed by atoms with Gasteiger partial charge in [0.05, 0.1) is 12.1 Å². The average molecular weight is 252 g/mol. The smallest absolute Gasteiger partial charge is 0.236 e. The van der Waals surface area contributed by atoms with Crippen LogP contribution in [0.5, 0.6) is 0 Å². The summed E-state index contributed by atoms with van der Waals surface area (Å²) in [5, 5.41) is 6.17. The molecule has 18 heavy (non-hydrogen) atoms. The zero-order valence-corrected chi connectivity index (χ0v) is 11.9. The third kappa shape index (κ3) is 4.14. The van der Waals surface area contributed by atoms with E-state index in [1.54, 1.807) is 6.20 Å². The first kappa shape index (κ1) is 14.7. The van der Waals surface area contributed by atoms with Gasteiger partial charge < -0.3 is 9.88 Å². The molecule has 1 amide bonds. The van der Waals surface area contributed by atoms with Crippen molar-refractivity contribution in [2.24, 2.45) is 13.0 Å². The second-order valence-electron chi connectivity index (χ2n) is 5.15. The summed E-state index contributed by atoms with van der Waals surface area (Å²) < 4.78 is 1.95. The van der Waals surface area contributed by atoms with Gasteiger partial charge in [-0.1, -0.05) is 13.8 Å². The van der Waals surface area contributed by atoms with E-state index in [-0.39, 0.29) is 18.0 Å². The lowest BCUT2D eigenvalue weighted by atomic mass is 10.2. The van der Waals surface area contributed by atoms with Crippen molar-refractivity contribution in [1.82, 2.24) is 20.2 Å². The predicted molar refractivity (Wildman–Crippen MR) is 72.1 cm³/mol. The molecule has 0 aliphatic heterocycles. The van der Waals surface area contributed by atoms with Crippen LogP contribution in [0.15, 0.2) is 12.4 Å². The molecule has 1 aromatic heterocycles. The van der Waals surface area contributed by atoms with Crippen LogP contribution in [-0.4, -0.2) is 28.0 Å². The third-order valence-electron chi connectivity index (χ3n) is 2.82. The summed E-state index contributed by atoms with van der Waals surface area (Å²) in [6, 6.07) is -0.180. The van der Waals surface area contributed by atoms with Gasteiger partial charge in [-0.3, -0.25) is 10.1 Å². The van der Waals surface area contributed by atoms with Crippen molar-refractivity contribution in [2.75, 3.05) is 6.54 Å². The number of hydrogen-bond donors (Lipinski definition) is 2. The molecule has 1 aromatic rings. The SMILES string of the molecule is CC(C)CNC(=O)C(C)NC(C)c1nccn1C. The molecule has 0 saturated heterocycles. The van der Waals surface area contributed by atoms with Crippen LogP contribution in [0, 0.1) is 5.92 Å². The van der Waals surface area contributed by atoms with Gasteiger partial charge in [-0.25, -0.2) is 4.98 Å². The third-order valence-corrected chi connectivity index (χ3v) is 2.82. The maximum absolute atomic E-state index is 11.8. The van der Waals surface area contributed by atoms with E-state index in [9.17, 15) is 4.79 Å². The van der Waals surface area contributed by atoms with Crippen molar-refractivity contribution in [2.45, 2.75) is 39.8 Å². The summed E-state index contributed by atoms with van der Waals surface area (Å²) in [5.74, 6) is 1.43. The Kier molecular flexibility index (Phi) is 5.34. The van der Waals surface area contributed by atoms with Gasteiger partial charge in [0.15, 0.2) is 0 Å². The minimum absolute atomic E-state index is 0.0322. The van der Waals surface area contributed by atoms with E-state index < -0.39 is 0 Å². The van der Waals surface area contributed by atoms with Crippen LogP contribution in [0.25, 0.3) is 0 Å². The normalized spacial score (nSPS) is 14.6. The van der Waals surface area contributed by atoms with Crippen LogP contribution in [0.1, 0.15) is 39.6 Å². The molecule has 0 aliphatic rings. The van der Waals surface area contributed by atoms with Crippen molar-refractivity contribution in [3.63, 3.8) is 0 Å². The number of nitrogens with zero attached hydrogens (tertiary/aromatic N) is 2. The van der Waals surface area contributed by atoms with Gasteiger partial charge in [0.25, 0.3) is 0 Å². The van der Waals surface area contributed by atoms with E-state index >= 15 is 0 Å². The molecule has 0 aromatic carbocycles. The van der Waals surface area contributed by atoms with E-state index in [0.717, 1.165) is 5.82 Å². The fraction of sp³-hybridized carbons (Fsp3) is 0.692. The second-order valence-corrected chi connectivity index (χ2v) is 5.15. The first-order valence-electron chi connectivity index (χ1n) is 6.42. The van der Waals surface area contributed by atoms with Crippen molar-refractivity contribution in [3.05, 3.63) is 18.2 Å². The number of imidazole rings is 1. The first-order chi connectivity index (χ1) is 8.41. The monoisotopic (exact) mass is 252 g/mol. The summed E-state index contributed by atoms with van der Waals surface area (Å²) in [6.07, 6.45) is 3.66. The molecule has 1 rings (SSSR count). The molecule has 5 heteroatoms. The van der Waals surface area contributed by atoms with E-state index in [4.69, 9.17) is 0 Å². The van der Waals surface area contributed by atoms with Gasteiger partial charge in [-0.15, -0.1) is 0 Å². The molecule has 5 nitrogen and oxygen atoms in total. The zero-order valence-electron chi connectivity index (χ0n) is 11.9. The second kappa shape index (κ2) is 6.54.